The van der Waals surface area contributed by atoms with E-state index in [1.807, 2.05) is 48.5 Å². The molecular weight excluding hydrogens is 378 g/mol. The molecule has 0 amide bonds. The summed E-state index contributed by atoms with van der Waals surface area (Å²) in [5, 5.41) is 0. The van der Waals surface area contributed by atoms with Crippen molar-refractivity contribution in [1.82, 2.24) is 4.90 Å². The van der Waals surface area contributed by atoms with Gasteiger partial charge in [-0.15, -0.1) is 0 Å². The highest BCUT2D eigenvalue weighted by atomic mass is 79.9. The Kier molecular flexibility index (Phi) is 5.40. The lowest BCUT2D eigenvalue weighted by molar-refractivity contribution is -0.129. The molecule has 2 atom stereocenters. The van der Waals surface area contributed by atoms with Crippen LogP contribution in [0.5, 0.6) is 0 Å². The first-order chi connectivity index (χ1) is 12.0. The molecule has 4 heteroatoms. The molecule has 1 aliphatic heterocycles. The maximum Gasteiger partial charge on any atom is 0.133 e. The third-order valence-electron chi connectivity index (χ3n) is 4.63. The summed E-state index contributed by atoms with van der Waals surface area (Å²) in [5.74, 6) is 0.114. The van der Waals surface area contributed by atoms with E-state index < -0.39 is 5.60 Å². The molecule has 0 spiro atoms. The summed E-state index contributed by atoms with van der Waals surface area (Å²) < 4.78 is 7.32. The Bertz CT molecular complexity index is 757. The molecule has 3 rings (SSSR count). The van der Waals surface area contributed by atoms with Gasteiger partial charge in [-0.2, -0.15) is 0 Å². The van der Waals surface area contributed by atoms with Crippen molar-refractivity contribution in [3.63, 3.8) is 0 Å². The van der Waals surface area contributed by atoms with Gasteiger partial charge >= 0.3 is 0 Å². The number of rotatable bonds is 5. The summed E-state index contributed by atoms with van der Waals surface area (Å²) >= 11 is 3.47. The molecule has 2 aromatic rings. The van der Waals surface area contributed by atoms with E-state index in [0.717, 1.165) is 10.0 Å². The van der Waals surface area contributed by atoms with Gasteiger partial charge in [0.1, 0.15) is 18.1 Å². The first-order valence-corrected chi connectivity index (χ1v) is 9.19. The van der Waals surface area contributed by atoms with Gasteiger partial charge in [0.25, 0.3) is 0 Å². The van der Waals surface area contributed by atoms with Crippen LogP contribution in [0.1, 0.15) is 37.4 Å². The largest absolute Gasteiger partial charge is 0.348 e. The van der Waals surface area contributed by atoms with Crippen LogP contribution in [0.4, 0.5) is 0 Å². The molecule has 25 heavy (non-hydrogen) atoms. The topological polar surface area (TPSA) is 29.5 Å². The summed E-state index contributed by atoms with van der Waals surface area (Å²) in [6.45, 7) is 4.20. The molecule has 0 radical (unpaired) electrons. The van der Waals surface area contributed by atoms with Crippen molar-refractivity contribution in [3.05, 3.63) is 82.5 Å². The number of halogens is 1. The second kappa shape index (κ2) is 7.54. The number of ketones is 1. The Morgan fingerprint density at radius 2 is 1.88 bits per heavy atom. The van der Waals surface area contributed by atoms with Crippen molar-refractivity contribution < 1.29 is 9.53 Å². The Labute approximate surface area is 157 Å². The zero-order chi connectivity index (χ0) is 17.9. The number of benzene rings is 2. The molecule has 1 heterocycles. The molecule has 3 nitrogen and oxygen atoms in total. The van der Waals surface area contributed by atoms with Crippen LogP contribution in [0.25, 0.3) is 0 Å². The average Bonchev–Trinajstić information content (AvgIpc) is 2.63. The van der Waals surface area contributed by atoms with Crippen LogP contribution >= 0.6 is 15.9 Å². The monoisotopic (exact) mass is 399 g/mol. The van der Waals surface area contributed by atoms with Crippen LogP contribution in [-0.2, 0) is 15.1 Å². The van der Waals surface area contributed by atoms with Crippen molar-refractivity contribution >= 4 is 21.7 Å². The zero-order valence-corrected chi connectivity index (χ0v) is 16.1. The van der Waals surface area contributed by atoms with Gasteiger partial charge in [-0.05, 0) is 43.2 Å². The summed E-state index contributed by atoms with van der Waals surface area (Å²) in [4.78, 5) is 14.0. The highest BCUT2D eigenvalue weighted by Crippen LogP contribution is 2.36. The summed E-state index contributed by atoms with van der Waals surface area (Å²) in [5.41, 5.74) is 1.55. The second-order valence-electron chi connectivity index (χ2n) is 6.47. The van der Waals surface area contributed by atoms with Gasteiger partial charge in [0.15, 0.2) is 0 Å². The molecule has 0 saturated heterocycles. The second-order valence-corrected chi connectivity index (χ2v) is 7.38. The molecule has 130 valence electrons. The first kappa shape index (κ1) is 17.9. The van der Waals surface area contributed by atoms with Gasteiger partial charge in [0, 0.05) is 17.1 Å². The molecule has 2 aromatic carbocycles. The van der Waals surface area contributed by atoms with Crippen LogP contribution in [0, 0.1) is 0 Å². The highest BCUT2D eigenvalue weighted by Gasteiger charge is 2.35. The Morgan fingerprint density at radius 1 is 1.20 bits per heavy atom. The fourth-order valence-corrected chi connectivity index (χ4v) is 3.42. The van der Waals surface area contributed by atoms with Crippen LogP contribution < -0.4 is 0 Å². The number of carbonyl (C=O) groups is 1. The van der Waals surface area contributed by atoms with Crippen LogP contribution in [0.2, 0.25) is 0 Å². The summed E-state index contributed by atoms with van der Waals surface area (Å²) in [6.07, 6.45) is 4.42. The fourth-order valence-electron chi connectivity index (χ4n) is 3.15. The molecule has 0 saturated carbocycles. The lowest BCUT2D eigenvalue weighted by atomic mass is 9.87. The Hall–Kier alpha value is -1.91. The first-order valence-electron chi connectivity index (χ1n) is 8.40. The number of hydrogen-bond donors (Lipinski definition) is 0. The number of ether oxygens (including phenoxy) is 1. The molecule has 0 aromatic heterocycles. The minimum atomic E-state index is -0.678. The van der Waals surface area contributed by atoms with Gasteiger partial charge in [-0.3, -0.25) is 4.79 Å². The summed E-state index contributed by atoms with van der Waals surface area (Å²) in [7, 11) is 0. The molecular formula is C21H22BrNO2. The predicted molar refractivity (Wildman–Crippen MR) is 103 cm³/mol. The van der Waals surface area contributed by atoms with Crippen molar-refractivity contribution in [3.8, 4) is 0 Å². The van der Waals surface area contributed by atoms with E-state index >= 15 is 0 Å². The van der Waals surface area contributed by atoms with E-state index in [1.165, 1.54) is 5.56 Å². The van der Waals surface area contributed by atoms with Crippen molar-refractivity contribution in [2.24, 2.45) is 0 Å². The van der Waals surface area contributed by atoms with Crippen LogP contribution in [0.3, 0.4) is 0 Å². The predicted octanol–water partition coefficient (Wildman–Crippen LogP) is 5.19. The minimum absolute atomic E-state index is 0.114. The van der Waals surface area contributed by atoms with Gasteiger partial charge in [-0.25, -0.2) is 0 Å². The number of carbonyl (C=O) groups excluding carboxylic acids is 1. The normalized spacial score (nSPS) is 21.2. The molecule has 0 bridgehead atoms. The van der Waals surface area contributed by atoms with Crippen molar-refractivity contribution in [2.75, 3.05) is 6.73 Å². The SMILES string of the molecule is CC(=O)CC1(c2ccccc2)C=CN([C@@H](C)c2ccc(Br)cc2)CO1. The number of nitrogens with zero attached hydrogens (tertiary/aromatic N) is 1. The minimum Gasteiger partial charge on any atom is -0.348 e. The lowest BCUT2D eigenvalue weighted by Gasteiger charge is -2.40. The smallest absolute Gasteiger partial charge is 0.133 e. The average molecular weight is 400 g/mol. The fraction of sp³-hybridized carbons (Fsp3) is 0.286. The Balaban J connectivity index is 1.85. The molecule has 0 N–H and O–H groups in total. The third-order valence-corrected chi connectivity index (χ3v) is 5.16. The van der Waals surface area contributed by atoms with E-state index in [9.17, 15) is 4.79 Å². The van der Waals surface area contributed by atoms with Crippen molar-refractivity contribution in [1.29, 1.82) is 0 Å². The summed E-state index contributed by atoms with van der Waals surface area (Å²) in [6, 6.07) is 18.5. The molecule has 0 aliphatic carbocycles. The maximum absolute atomic E-state index is 11.8. The molecule has 1 unspecified atom stereocenters. The van der Waals surface area contributed by atoms with Gasteiger partial charge < -0.3 is 9.64 Å². The Morgan fingerprint density at radius 3 is 2.44 bits per heavy atom. The molecule has 1 aliphatic rings. The van der Waals surface area contributed by atoms with Crippen LogP contribution in [0.15, 0.2) is 71.3 Å². The standard InChI is InChI=1S/C21H22BrNO2/c1-16(24)14-21(19-6-4-3-5-7-19)12-13-23(15-25-21)17(2)18-8-10-20(22)11-9-18/h3-13,17H,14-15H2,1-2H3/t17-,21?/m0/s1. The van der Waals surface area contributed by atoms with Gasteiger partial charge in [0.05, 0.1) is 6.04 Å². The maximum atomic E-state index is 11.8. The molecule has 0 fully saturated rings. The van der Waals surface area contributed by atoms with E-state index in [1.54, 1.807) is 6.92 Å². The quantitative estimate of drug-likeness (QED) is 0.692. The van der Waals surface area contributed by atoms with E-state index in [0.29, 0.717) is 13.2 Å². The van der Waals surface area contributed by atoms with E-state index in [2.05, 4.69) is 46.1 Å². The lowest BCUT2D eigenvalue weighted by Crippen LogP contribution is -2.39. The van der Waals surface area contributed by atoms with Crippen molar-refractivity contribution in [2.45, 2.75) is 31.9 Å². The number of hydrogen-bond acceptors (Lipinski definition) is 3. The third kappa shape index (κ3) is 4.02. The van der Waals surface area contributed by atoms with Gasteiger partial charge in [-0.1, -0.05) is 58.4 Å². The highest BCUT2D eigenvalue weighted by molar-refractivity contribution is 9.10. The van der Waals surface area contributed by atoms with Gasteiger partial charge in [0.2, 0.25) is 0 Å². The number of Topliss-reactive ketones (excluding diaryl/α,β-unsaturated/α-hetero) is 1. The van der Waals surface area contributed by atoms with E-state index in [-0.39, 0.29) is 11.8 Å². The van der Waals surface area contributed by atoms with Crippen LogP contribution in [-0.4, -0.2) is 17.4 Å². The van der Waals surface area contributed by atoms with E-state index in [4.69, 9.17) is 4.74 Å². The zero-order valence-electron chi connectivity index (χ0n) is 14.5.